The lowest BCUT2D eigenvalue weighted by Gasteiger charge is -2.25. The molecule has 2 heteroatoms. The summed E-state index contributed by atoms with van der Waals surface area (Å²) >= 11 is 3.49. The van der Waals surface area contributed by atoms with Crippen LogP contribution in [0.1, 0.15) is 40.5 Å². The Bertz CT molecular complexity index is 108. The molecule has 0 bridgehead atoms. The van der Waals surface area contributed by atoms with E-state index in [1.165, 1.54) is 6.42 Å². The van der Waals surface area contributed by atoms with Gasteiger partial charge in [-0.05, 0) is 26.2 Å². The van der Waals surface area contributed by atoms with E-state index in [-0.39, 0.29) is 5.60 Å². The summed E-state index contributed by atoms with van der Waals surface area (Å²) in [5.74, 6) is 0.663. The molecule has 0 saturated heterocycles. The highest BCUT2D eigenvalue weighted by Crippen LogP contribution is 2.17. The van der Waals surface area contributed by atoms with Crippen LogP contribution in [0.15, 0.2) is 0 Å². The fraction of sp³-hybridized carbons (Fsp3) is 1.00. The van der Waals surface area contributed by atoms with E-state index in [2.05, 4.69) is 43.6 Å². The summed E-state index contributed by atoms with van der Waals surface area (Å²) in [6.45, 7) is 9.54. The van der Waals surface area contributed by atoms with Crippen molar-refractivity contribution in [1.82, 2.24) is 0 Å². The van der Waals surface area contributed by atoms with Crippen molar-refractivity contribution in [2.24, 2.45) is 5.92 Å². The second-order valence-electron chi connectivity index (χ2n) is 3.85. The summed E-state index contributed by atoms with van der Waals surface area (Å²) in [6, 6.07) is 0. The number of hydrogen-bond donors (Lipinski definition) is 0. The molecular formula is C10H21BrO. The lowest BCUT2D eigenvalue weighted by molar-refractivity contribution is -0.0347. The number of hydrogen-bond acceptors (Lipinski definition) is 1. The van der Waals surface area contributed by atoms with Gasteiger partial charge in [0.15, 0.2) is 0 Å². The Balaban J connectivity index is 3.65. The summed E-state index contributed by atoms with van der Waals surface area (Å²) in [5, 5.41) is 1.04. The predicted molar refractivity (Wildman–Crippen MR) is 57.9 cm³/mol. The average Bonchev–Trinajstić information content (AvgIpc) is 2.06. The van der Waals surface area contributed by atoms with E-state index in [9.17, 15) is 0 Å². The zero-order valence-corrected chi connectivity index (χ0v) is 10.3. The highest BCUT2D eigenvalue weighted by Gasteiger charge is 2.17. The first-order chi connectivity index (χ1) is 5.55. The summed E-state index contributed by atoms with van der Waals surface area (Å²) in [6.07, 6.45) is 2.26. The average molecular weight is 237 g/mol. The molecule has 0 amide bonds. The van der Waals surface area contributed by atoms with Crippen LogP contribution in [0.25, 0.3) is 0 Å². The van der Waals surface area contributed by atoms with E-state index in [0.29, 0.717) is 5.92 Å². The zero-order chi connectivity index (χ0) is 9.61. The molecule has 12 heavy (non-hydrogen) atoms. The fourth-order valence-corrected chi connectivity index (χ4v) is 1.36. The van der Waals surface area contributed by atoms with Crippen LogP contribution in [0.4, 0.5) is 0 Å². The van der Waals surface area contributed by atoms with Crippen molar-refractivity contribution in [1.29, 1.82) is 0 Å². The molecule has 0 heterocycles. The SMILES string of the molecule is CCC(CBr)COC(C)(C)CC. The van der Waals surface area contributed by atoms with Crippen molar-refractivity contribution >= 4 is 15.9 Å². The Morgan fingerprint density at radius 1 is 1.33 bits per heavy atom. The first kappa shape index (κ1) is 12.4. The molecule has 0 spiro atoms. The van der Waals surface area contributed by atoms with Gasteiger partial charge in [0.1, 0.15) is 0 Å². The van der Waals surface area contributed by atoms with Gasteiger partial charge in [-0.15, -0.1) is 0 Å². The Hall–Kier alpha value is 0.440. The summed E-state index contributed by atoms with van der Waals surface area (Å²) < 4.78 is 5.79. The van der Waals surface area contributed by atoms with E-state index in [0.717, 1.165) is 18.4 Å². The number of halogens is 1. The maximum absolute atomic E-state index is 5.79. The van der Waals surface area contributed by atoms with Crippen LogP contribution in [0.2, 0.25) is 0 Å². The van der Waals surface area contributed by atoms with Crippen LogP contribution in [0.5, 0.6) is 0 Å². The Kier molecular flexibility index (Phi) is 6.20. The molecule has 0 aromatic rings. The highest BCUT2D eigenvalue weighted by molar-refractivity contribution is 9.09. The van der Waals surface area contributed by atoms with Crippen molar-refractivity contribution in [3.05, 3.63) is 0 Å². The lowest BCUT2D eigenvalue weighted by Crippen LogP contribution is -2.26. The monoisotopic (exact) mass is 236 g/mol. The second-order valence-corrected chi connectivity index (χ2v) is 4.50. The van der Waals surface area contributed by atoms with E-state index >= 15 is 0 Å². The number of ether oxygens (including phenoxy) is 1. The predicted octanol–water partition coefficient (Wildman–Crippen LogP) is 3.61. The minimum atomic E-state index is 0.0512. The molecule has 0 aliphatic carbocycles. The molecule has 0 aliphatic rings. The van der Waals surface area contributed by atoms with Crippen LogP contribution in [-0.2, 0) is 4.74 Å². The van der Waals surface area contributed by atoms with Crippen LogP contribution >= 0.6 is 15.9 Å². The minimum Gasteiger partial charge on any atom is -0.375 e. The van der Waals surface area contributed by atoms with Crippen molar-refractivity contribution in [2.75, 3.05) is 11.9 Å². The molecule has 74 valence electrons. The maximum Gasteiger partial charge on any atom is 0.0624 e. The molecule has 0 aromatic heterocycles. The van der Waals surface area contributed by atoms with Crippen molar-refractivity contribution in [2.45, 2.75) is 46.1 Å². The molecule has 0 aromatic carbocycles. The van der Waals surface area contributed by atoms with Gasteiger partial charge in [-0.2, -0.15) is 0 Å². The third-order valence-corrected chi connectivity index (χ3v) is 3.27. The largest absolute Gasteiger partial charge is 0.375 e. The topological polar surface area (TPSA) is 9.23 Å². The molecule has 0 saturated carbocycles. The molecule has 1 nitrogen and oxygen atoms in total. The second kappa shape index (κ2) is 5.98. The standard InChI is InChI=1S/C10H21BrO/c1-5-9(7-11)8-12-10(3,4)6-2/h9H,5-8H2,1-4H3. The highest BCUT2D eigenvalue weighted by atomic mass is 79.9. The number of alkyl halides is 1. The van der Waals surface area contributed by atoms with E-state index < -0.39 is 0 Å². The van der Waals surface area contributed by atoms with Crippen molar-refractivity contribution < 1.29 is 4.74 Å². The molecule has 1 unspecified atom stereocenters. The van der Waals surface area contributed by atoms with Gasteiger partial charge in [-0.3, -0.25) is 0 Å². The first-order valence-corrected chi connectivity index (χ1v) is 5.87. The van der Waals surface area contributed by atoms with Gasteiger partial charge in [0, 0.05) is 5.33 Å². The van der Waals surface area contributed by atoms with Crippen molar-refractivity contribution in [3.63, 3.8) is 0 Å². The van der Waals surface area contributed by atoms with Crippen LogP contribution in [-0.4, -0.2) is 17.5 Å². The van der Waals surface area contributed by atoms with E-state index in [1.807, 2.05) is 0 Å². The molecule has 0 rings (SSSR count). The van der Waals surface area contributed by atoms with E-state index in [1.54, 1.807) is 0 Å². The molecule has 0 aliphatic heterocycles. The fourth-order valence-electron chi connectivity index (χ4n) is 0.717. The first-order valence-electron chi connectivity index (χ1n) is 4.75. The molecular weight excluding hydrogens is 216 g/mol. The third-order valence-electron chi connectivity index (χ3n) is 2.36. The van der Waals surface area contributed by atoms with Crippen LogP contribution in [0, 0.1) is 5.92 Å². The third kappa shape index (κ3) is 5.15. The van der Waals surface area contributed by atoms with E-state index in [4.69, 9.17) is 4.74 Å². The van der Waals surface area contributed by atoms with Gasteiger partial charge in [0.2, 0.25) is 0 Å². The van der Waals surface area contributed by atoms with Gasteiger partial charge < -0.3 is 4.74 Å². The molecule has 0 N–H and O–H groups in total. The van der Waals surface area contributed by atoms with Crippen LogP contribution < -0.4 is 0 Å². The Labute approximate surface area is 85.0 Å². The quantitative estimate of drug-likeness (QED) is 0.641. The van der Waals surface area contributed by atoms with Gasteiger partial charge in [0.25, 0.3) is 0 Å². The maximum atomic E-state index is 5.79. The number of rotatable bonds is 6. The summed E-state index contributed by atoms with van der Waals surface area (Å²) in [4.78, 5) is 0. The Morgan fingerprint density at radius 3 is 2.25 bits per heavy atom. The van der Waals surface area contributed by atoms with Gasteiger partial charge in [-0.25, -0.2) is 0 Å². The molecule has 0 fully saturated rings. The molecule has 0 radical (unpaired) electrons. The lowest BCUT2D eigenvalue weighted by atomic mass is 10.1. The van der Waals surface area contributed by atoms with Gasteiger partial charge in [-0.1, -0.05) is 36.2 Å². The summed E-state index contributed by atoms with van der Waals surface area (Å²) in [5.41, 5.74) is 0.0512. The Morgan fingerprint density at radius 2 is 1.92 bits per heavy atom. The normalized spacial score (nSPS) is 14.8. The summed E-state index contributed by atoms with van der Waals surface area (Å²) in [7, 11) is 0. The van der Waals surface area contributed by atoms with Gasteiger partial charge >= 0.3 is 0 Å². The zero-order valence-electron chi connectivity index (χ0n) is 8.69. The smallest absolute Gasteiger partial charge is 0.0624 e. The van der Waals surface area contributed by atoms with Gasteiger partial charge in [0.05, 0.1) is 12.2 Å². The van der Waals surface area contributed by atoms with Crippen molar-refractivity contribution in [3.8, 4) is 0 Å². The minimum absolute atomic E-state index is 0.0512. The molecule has 1 atom stereocenters. The van der Waals surface area contributed by atoms with Crippen LogP contribution in [0.3, 0.4) is 0 Å².